The Hall–Kier alpha value is -2.44. The van der Waals surface area contributed by atoms with E-state index in [1.54, 1.807) is 26.8 Å². The van der Waals surface area contributed by atoms with Crippen LogP contribution in [0.15, 0.2) is 27.9 Å². The fourth-order valence-electron chi connectivity index (χ4n) is 3.99. The van der Waals surface area contributed by atoms with E-state index in [1.165, 1.54) is 12.3 Å². The minimum Gasteiger partial charge on any atom is -0.481 e. The van der Waals surface area contributed by atoms with Crippen molar-refractivity contribution in [1.82, 2.24) is 5.43 Å². The van der Waals surface area contributed by atoms with Crippen LogP contribution in [0.3, 0.4) is 0 Å². The molecule has 2 saturated carbocycles. The van der Waals surface area contributed by atoms with Crippen molar-refractivity contribution in [1.29, 1.82) is 0 Å². The van der Waals surface area contributed by atoms with E-state index in [0.717, 1.165) is 0 Å². The zero-order chi connectivity index (χ0) is 17.0. The highest BCUT2D eigenvalue weighted by Crippen LogP contribution is 2.69. The molecule has 2 fully saturated rings. The number of nitrogens with zero attached hydrogens (tertiary/aromatic N) is 1. The first-order valence-electron chi connectivity index (χ1n) is 7.39. The molecule has 0 aliphatic heterocycles. The molecule has 7 nitrogen and oxygen atoms in total. The Morgan fingerprint density at radius 3 is 2.57 bits per heavy atom. The molecule has 1 amide bonds. The maximum atomic E-state index is 12.7. The molecule has 1 aromatic heterocycles. The number of hydrogen-bond donors (Lipinski definition) is 2. The van der Waals surface area contributed by atoms with E-state index >= 15 is 0 Å². The number of carboxylic acid groups (broad SMARTS) is 1. The number of hydrazone groups is 1. The van der Waals surface area contributed by atoms with Gasteiger partial charge in [0, 0.05) is 5.41 Å². The molecule has 1 heterocycles. The number of furan rings is 1. The van der Waals surface area contributed by atoms with Crippen LogP contribution >= 0.6 is 0 Å². The van der Waals surface area contributed by atoms with Gasteiger partial charge in [-0.1, -0.05) is 20.8 Å². The van der Waals surface area contributed by atoms with Crippen molar-refractivity contribution >= 4 is 23.4 Å². The monoisotopic (exact) mass is 318 g/mol. The van der Waals surface area contributed by atoms with E-state index in [0.29, 0.717) is 12.8 Å². The summed E-state index contributed by atoms with van der Waals surface area (Å²) in [6, 6.07) is 3.00. The molecule has 0 radical (unpaired) electrons. The Balaban J connectivity index is 2.02. The van der Waals surface area contributed by atoms with Gasteiger partial charge in [0.25, 0.3) is 0 Å². The molecule has 3 rings (SSSR count). The maximum absolute atomic E-state index is 12.7. The molecule has 122 valence electrons. The minimum absolute atomic E-state index is 0.0415. The lowest BCUT2D eigenvalue weighted by atomic mass is 9.65. The number of amides is 1. The van der Waals surface area contributed by atoms with E-state index in [4.69, 9.17) is 4.42 Å². The molecular weight excluding hydrogens is 300 g/mol. The summed E-state index contributed by atoms with van der Waals surface area (Å²) in [5, 5.41) is 13.7. The van der Waals surface area contributed by atoms with Gasteiger partial charge in [0.2, 0.25) is 0 Å². The normalized spacial score (nSPS) is 33.2. The molecule has 2 bridgehead atoms. The third-order valence-electron chi connectivity index (χ3n) is 5.95. The van der Waals surface area contributed by atoms with Gasteiger partial charge >= 0.3 is 11.9 Å². The number of aliphatic carboxylic acids is 1. The van der Waals surface area contributed by atoms with Crippen molar-refractivity contribution in [2.45, 2.75) is 33.6 Å². The quantitative estimate of drug-likeness (QED) is 0.827. The predicted molar refractivity (Wildman–Crippen MR) is 79.8 cm³/mol. The van der Waals surface area contributed by atoms with Crippen LogP contribution < -0.4 is 5.43 Å². The highest BCUT2D eigenvalue weighted by atomic mass is 16.4. The van der Waals surface area contributed by atoms with Crippen molar-refractivity contribution in [3.05, 3.63) is 24.2 Å². The summed E-state index contributed by atoms with van der Waals surface area (Å²) in [5.41, 5.74) is -0.784. The van der Waals surface area contributed by atoms with Crippen LogP contribution in [0.2, 0.25) is 0 Å². The summed E-state index contributed by atoms with van der Waals surface area (Å²) in [6.07, 6.45) is 2.16. The molecule has 2 N–H and O–H groups in total. The average Bonchev–Trinajstić information content (AvgIpc) is 3.10. The van der Waals surface area contributed by atoms with Crippen molar-refractivity contribution in [2.75, 3.05) is 0 Å². The summed E-state index contributed by atoms with van der Waals surface area (Å²) in [5.74, 6) is -1.97. The summed E-state index contributed by atoms with van der Waals surface area (Å²) in [6.45, 7) is 5.34. The first-order chi connectivity index (χ1) is 10.7. The van der Waals surface area contributed by atoms with Crippen LogP contribution in [0.1, 0.15) is 44.2 Å². The van der Waals surface area contributed by atoms with Crippen LogP contribution in [0.5, 0.6) is 0 Å². The molecule has 0 aromatic carbocycles. The summed E-state index contributed by atoms with van der Waals surface area (Å²) < 4.78 is 4.95. The Bertz CT molecular complexity index is 734. The Morgan fingerprint density at radius 2 is 2.00 bits per heavy atom. The first-order valence-corrected chi connectivity index (χ1v) is 7.39. The summed E-state index contributed by atoms with van der Waals surface area (Å²) in [4.78, 5) is 36.7. The number of fused-ring (bicyclic) bond motifs is 2. The lowest BCUT2D eigenvalue weighted by molar-refractivity contribution is -0.149. The van der Waals surface area contributed by atoms with Gasteiger partial charge in [-0.05, 0) is 30.4 Å². The van der Waals surface area contributed by atoms with Gasteiger partial charge in [-0.3, -0.25) is 14.4 Å². The van der Waals surface area contributed by atoms with Gasteiger partial charge < -0.3 is 9.52 Å². The van der Waals surface area contributed by atoms with Crippen molar-refractivity contribution in [2.24, 2.45) is 21.3 Å². The molecule has 2 aliphatic rings. The molecule has 7 heteroatoms. The Kier molecular flexibility index (Phi) is 3.05. The second kappa shape index (κ2) is 4.53. The number of Topliss-reactive ketones (excluding diaryl/α,β-unsaturated/α-hetero) is 1. The van der Waals surface area contributed by atoms with Gasteiger partial charge in [0.1, 0.15) is 11.1 Å². The largest absolute Gasteiger partial charge is 0.481 e. The lowest BCUT2D eigenvalue weighted by Crippen LogP contribution is -2.45. The first kappa shape index (κ1) is 15.5. The summed E-state index contributed by atoms with van der Waals surface area (Å²) >= 11 is 0. The molecule has 1 aromatic rings. The third-order valence-corrected chi connectivity index (χ3v) is 5.95. The molecule has 23 heavy (non-hydrogen) atoms. The second-order valence-electron chi connectivity index (χ2n) is 6.88. The second-order valence-corrected chi connectivity index (χ2v) is 6.88. The van der Waals surface area contributed by atoms with E-state index in [-0.39, 0.29) is 17.3 Å². The number of carbonyl (C=O) groups excluding carboxylic acids is 2. The number of carboxylic acids is 1. The predicted octanol–water partition coefficient (Wildman–Crippen LogP) is 1.85. The van der Waals surface area contributed by atoms with Crippen molar-refractivity contribution in [3.8, 4) is 0 Å². The molecule has 2 atom stereocenters. The van der Waals surface area contributed by atoms with Crippen LogP contribution in [-0.2, 0) is 9.59 Å². The zero-order valence-corrected chi connectivity index (χ0v) is 13.2. The van der Waals surface area contributed by atoms with E-state index in [2.05, 4.69) is 10.5 Å². The molecule has 2 unspecified atom stereocenters. The topological polar surface area (TPSA) is 109 Å². The molecular formula is C16H18N2O5. The summed E-state index contributed by atoms with van der Waals surface area (Å²) in [7, 11) is 0. The van der Waals surface area contributed by atoms with Crippen LogP contribution in [0, 0.1) is 16.2 Å². The SMILES string of the molecule is CC12CCC(C(=O)O)(C(=NNC(=O)c3ccco3)C1=O)C2(C)C. The van der Waals surface area contributed by atoms with Gasteiger partial charge in [-0.25, -0.2) is 5.43 Å². The number of rotatable bonds is 3. The fourth-order valence-corrected chi connectivity index (χ4v) is 3.99. The van der Waals surface area contributed by atoms with E-state index < -0.39 is 28.1 Å². The van der Waals surface area contributed by atoms with Crippen molar-refractivity contribution < 1.29 is 23.9 Å². The van der Waals surface area contributed by atoms with Gasteiger partial charge in [-0.15, -0.1) is 0 Å². The lowest BCUT2D eigenvalue weighted by Gasteiger charge is -2.36. The van der Waals surface area contributed by atoms with E-state index in [1.807, 2.05) is 0 Å². The van der Waals surface area contributed by atoms with Gasteiger partial charge in [0.05, 0.1) is 6.26 Å². The van der Waals surface area contributed by atoms with Crippen LogP contribution in [-0.4, -0.2) is 28.5 Å². The average molecular weight is 318 g/mol. The third kappa shape index (κ3) is 1.64. The number of carbonyl (C=O) groups is 3. The fraction of sp³-hybridized carbons (Fsp3) is 0.500. The van der Waals surface area contributed by atoms with E-state index in [9.17, 15) is 19.5 Å². The standard InChI is InChI=1S/C16H18N2O5/c1-14(2)15(3)6-7-16(14,13(21)22)10(11(15)19)17-18-12(20)9-5-4-8-23-9/h4-5,8H,6-7H2,1-3H3,(H,18,20)(H,21,22). The maximum Gasteiger partial charge on any atom is 0.316 e. The minimum atomic E-state index is -1.38. The van der Waals surface area contributed by atoms with Gasteiger partial charge in [0.15, 0.2) is 11.5 Å². The number of hydrogen-bond acceptors (Lipinski definition) is 5. The number of ketones is 1. The molecule has 0 spiro atoms. The molecule has 0 saturated heterocycles. The highest BCUT2D eigenvalue weighted by Gasteiger charge is 2.77. The van der Waals surface area contributed by atoms with Crippen molar-refractivity contribution in [3.63, 3.8) is 0 Å². The number of nitrogens with one attached hydrogen (secondary N) is 1. The zero-order valence-electron chi connectivity index (χ0n) is 13.2. The van der Waals surface area contributed by atoms with Gasteiger partial charge in [-0.2, -0.15) is 5.10 Å². The highest BCUT2D eigenvalue weighted by molar-refractivity contribution is 6.50. The Morgan fingerprint density at radius 1 is 1.30 bits per heavy atom. The van der Waals surface area contributed by atoms with Crippen LogP contribution in [0.4, 0.5) is 0 Å². The smallest absolute Gasteiger partial charge is 0.316 e. The Labute approximate surface area is 132 Å². The van der Waals surface area contributed by atoms with Crippen LogP contribution in [0.25, 0.3) is 0 Å². The molecule has 2 aliphatic carbocycles.